The van der Waals surface area contributed by atoms with Gasteiger partial charge in [-0.25, -0.2) is 0 Å². The van der Waals surface area contributed by atoms with Crippen LogP contribution in [0.3, 0.4) is 0 Å². The summed E-state index contributed by atoms with van der Waals surface area (Å²) < 4.78 is 4.06. The molecule has 0 aromatic carbocycles. The second-order valence-electron chi connectivity index (χ2n) is 7.20. The Hall–Kier alpha value is -2.18. The lowest BCUT2D eigenvalue weighted by Gasteiger charge is -2.24. The average Bonchev–Trinajstić information content (AvgIpc) is 3.29. The second-order valence-corrected chi connectivity index (χ2v) is 7.20. The van der Waals surface area contributed by atoms with Gasteiger partial charge in [-0.1, -0.05) is 6.42 Å². The lowest BCUT2D eigenvalue weighted by atomic mass is 10.1. The van der Waals surface area contributed by atoms with Crippen molar-refractivity contribution in [2.24, 2.45) is 7.05 Å². The molecule has 134 valence electrons. The second kappa shape index (κ2) is 6.98. The first-order valence-electron chi connectivity index (χ1n) is 9.41. The smallest absolute Gasteiger partial charge is 0.223 e. The van der Waals surface area contributed by atoms with Gasteiger partial charge >= 0.3 is 0 Å². The van der Waals surface area contributed by atoms with Gasteiger partial charge in [0.15, 0.2) is 5.82 Å². The molecular formula is C18H26N6O. The highest BCUT2D eigenvalue weighted by atomic mass is 16.2. The van der Waals surface area contributed by atoms with Gasteiger partial charge in [-0.05, 0) is 37.7 Å². The van der Waals surface area contributed by atoms with Crippen molar-refractivity contribution in [3.8, 4) is 0 Å². The molecule has 1 fully saturated rings. The van der Waals surface area contributed by atoms with Crippen LogP contribution in [0, 0.1) is 0 Å². The van der Waals surface area contributed by atoms with Crippen LogP contribution in [0.5, 0.6) is 0 Å². The average molecular weight is 342 g/mol. The summed E-state index contributed by atoms with van der Waals surface area (Å²) in [6.07, 6.45) is 11.8. The Labute approximate surface area is 148 Å². The van der Waals surface area contributed by atoms with Gasteiger partial charge in [-0.15, -0.1) is 10.2 Å². The van der Waals surface area contributed by atoms with Crippen molar-refractivity contribution in [1.82, 2.24) is 29.4 Å². The Kier molecular flexibility index (Phi) is 4.55. The predicted molar refractivity (Wildman–Crippen MR) is 92.8 cm³/mol. The molecule has 0 spiro atoms. The zero-order valence-corrected chi connectivity index (χ0v) is 14.9. The molecule has 2 aliphatic rings. The molecular weight excluding hydrogens is 316 g/mol. The molecule has 1 saturated heterocycles. The van der Waals surface area contributed by atoms with Crippen molar-refractivity contribution in [3.05, 3.63) is 29.6 Å². The van der Waals surface area contributed by atoms with Gasteiger partial charge in [-0.2, -0.15) is 5.10 Å². The highest BCUT2D eigenvalue weighted by Crippen LogP contribution is 2.32. The van der Waals surface area contributed by atoms with Crippen LogP contribution in [-0.2, 0) is 31.2 Å². The van der Waals surface area contributed by atoms with Crippen LogP contribution >= 0.6 is 0 Å². The number of aromatic nitrogens is 5. The number of hydrogen-bond acceptors (Lipinski definition) is 4. The number of aryl methyl sites for hydroxylation is 3. The Bertz CT molecular complexity index is 749. The summed E-state index contributed by atoms with van der Waals surface area (Å²) >= 11 is 0. The number of amides is 1. The molecule has 2 aromatic rings. The van der Waals surface area contributed by atoms with Crippen LogP contribution in [0.2, 0.25) is 0 Å². The van der Waals surface area contributed by atoms with E-state index in [1.165, 1.54) is 19.3 Å². The molecule has 0 radical (unpaired) electrons. The van der Waals surface area contributed by atoms with Crippen LogP contribution < -0.4 is 0 Å². The number of fused-ring (bicyclic) bond motifs is 1. The van der Waals surface area contributed by atoms with Gasteiger partial charge in [0.05, 0.1) is 12.2 Å². The first-order chi connectivity index (χ1) is 12.2. The van der Waals surface area contributed by atoms with Crippen molar-refractivity contribution < 1.29 is 4.79 Å². The first kappa shape index (κ1) is 16.3. The number of hydrogen-bond donors (Lipinski definition) is 0. The lowest BCUT2D eigenvalue weighted by molar-refractivity contribution is -0.132. The SMILES string of the molecule is Cn1cc(CCC(=O)N2CCC[C@@H]2c2nnc3n2CCCCC3)cn1. The zero-order valence-electron chi connectivity index (χ0n) is 14.9. The zero-order chi connectivity index (χ0) is 17.2. The summed E-state index contributed by atoms with van der Waals surface area (Å²) in [6.45, 7) is 1.82. The third kappa shape index (κ3) is 3.32. The Balaban J connectivity index is 1.47. The number of carbonyl (C=O) groups is 1. The highest BCUT2D eigenvalue weighted by molar-refractivity contribution is 5.77. The van der Waals surface area contributed by atoms with E-state index in [1.807, 2.05) is 24.3 Å². The topological polar surface area (TPSA) is 68.8 Å². The van der Waals surface area contributed by atoms with E-state index in [9.17, 15) is 4.79 Å². The maximum atomic E-state index is 12.8. The molecule has 7 nitrogen and oxygen atoms in total. The molecule has 1 amide bonds. The maximum Gasteiger partial charge on any atom is 0.223 e. The molecule has 25 heavy (non-hydrogen) atoms. The van der Waals surface area contributed by atoms with Gasteiger partial charge in [0.1, 0.15) is 5.82 Å². The first-order valence-corrected chi connectivity index (χ1v) is 9.41. The van der Waals surface area contributed by atoms with E-state index >= 15 is 0 Å². The van der Waals surface area contributed by atoms with E-state index in [2.05, 4.69) is 19.9 Å². The van der Waals surface area contributed by atoms with E-state index in [0.717, 1.165) is 56.0 Å². The largest absolute Gasteiger partial charge is 0.332 e. The fourth-order valence-corrected chi connectivity index (χ4v) is 4.08. The summed E-state index contributed by atoms with van der Waals surface area (Å²) in [6, 6.07) is 0.0979. The van der Waals surface area contributed by atoms with E-state index in [1.54, 1.807) is 4.68 Å². The number of rotatable bonds is 4. The van der Waals surface area contributed by atoms with Gasteiger partial charge in [0, 0.05) is 39.2 Å². The summed E-state index contributed by atoms with van der Waals surface area (Å²) in [5.41, 5.74) is 1.11. The minimum atomic E-state index is 0.0979. The maximum absolute atomic E-state index is 12.8. The predicted octanol–water partition coefficient (Wildman–Crippen LogP) is 2.03. The molecule has 1 atom stereocenters. The van der Waals surface area contributed by atoms with Crippen LogP contribution in [-0.4, -0.2) is 41.9 Å². The molecule has 4 heterocycles. The fraction of sp³-hybridized carbons (Fsp3) is 0.667. The molecule has 0 bridgehead atoms. The van der Waals surface area contributed by atoms with E-state index in [-0.39, 0.29) is 11.9 Å². The molecule has 2 aromatic heterocycles. The van der Waals surface area contributed by atoms with E-state index < -0.39 is 0 Å². The highest BCUT2D eigenvalue weighted by Gasteiger charge is 2.34. The van der Waals surface area contributed by atoms with Crippen LogP contribution in [0.25, 0.3) is 0 Å². The molecule has 0 unspecified atom stereocenters. The lowest BCUT2D eigenvalue weighted by Crippen LogP contribution is -2.32. The molecule has 0 saturated carbocycles. The Morgan fingerprint density at radius 2 is 2.12 bits per heavy atom. The van der Waals surface area contributed by atoms with Gasteiger partial charge in [0.2, 0.25) is 5.91 Å². The third-order valence-electron chi connectivity index (χ3n) is 5.40. The molecule has 0 aliphatic carbocycles. The van der Waals surface area contributed by atoms with Crippen LogP contribution in [0.15, 0.2) is 12.4 Å². The minimum Gasteiger partial charge on any atom is -0.332 e. The fourth-order valence-electron chi connectivity index (χ4n) is 4.08. The molecule has 4 rings (SSSR count). The third-order valence-corrected chi connectivity index (χ3v) is 5.40. The number of carbonyl (C=O) groups excluding carboxylic acids is 1. The molecule has 0 N–H and O–H groups in total. The number of likely N-dealkylation sites (tertiary alicyclic amines) is 1. The quantitative estimate of drug-likeness (QED) is 0.852. The molecule has 2 aliphatic heterocycles. The van der Waals surface area contributed by atoms with Gasteiger partial charge < -0.3 is 9.47 Å². The van der Waals surface area contributed by atoms with Crippen molar-refractivity contribution in [2.75, 3.05) is 6.54 Å². The van der Waals surface area contributed by atoms with E-state index in [0.29, 0.717) is 6.42 Å². The molecule has 7 heteroatoms. The van der Waals surface area contributed by atoms with Crippen LogP contribution in [0.4, 0.5) is 0 Å². The van der Waals surface area contributed by atoms with Crippen LogP contribution in [0.1, 0.15) is 61.8 Å². The number of nitrogens with zero attached hydrogens (tertiary/aromatic N) is 6. The van der Waals surface area contributed by atoms with Gasteiger partial charge in [-0.3, -0.25) is 9.48 Å². The monoisotopic (exact) mass is 342 g/mol. The minimum absolute atomic E-state index is 0.0979. The van der Waals surface area contributed by atoms with Crippen molar-refractivity contribution in [3.63, 3.8) is 0 Å². The Morgan fingerprint density at radius 3 is 2.96 bits per heavy atom. The summed E-state index contributed by atoms with van der Waals surface area (Å²) in [4.78, 5) is 14.8. The van der Waals surface area contributed by atoms with Crippen molar-refractivity contribution in [1.29, 1.82) is 0 Å². The summed E-state index contributed by atoms with van der Waals surface area (Å²) in [5, 5.41) is 13.1. The standard InChI is InChI=1S/C18H26N6O/c1-22-13-14(12-19-22)8-9-17(25)23-11-5-6-15(23)18-21-20-16-7-3-2-4-10-24(16)18/h12-13,15H,2-11H2,1H3/t15-/m1/s1. The van der Waals surface area contributed by atoms with Crippen molar-refractivity contribution >= 4 is 5.91 Å². The summed E-state index contributed by atoms with van der Waals surface area (Å²) in [7, 11) is 1.90. The van der Waals surface area contributed by atoms with E-state index in [4.69, 9.17) is 0 Å². The summed E-state index contributed by atoms with van der Waals surface area (Å²) in [5.74, 6) is 2.32. The van der Waals surface area contributed by atoms with Gasteiger partial charge in [0.25, 0.3) is 0 Å². The Morgan fingerprint density at radius 1 is 1.20 bits per heavy atom. The van der Waals surface area contributed by atoms with Crippen molar-refractivity contribution in [2.45, 2.75) is 64.0 Å². The normalized spacial score (nSPS) is 20.5.